The normalized spacial score (nSPS) is 13.0. The van der Waals surface area contributed by atoms with Crippen LogP contribution in [-0.2, 0) is 29.1 Å². The number of nitrogens with one attached hydrogen (secondary N) is 2. The molecule has 0 fully saturated rings. The van der Waals surface area contributed by atoms with Gasteiger partial charge in [0, 0.05) is 25.2 Å². The van der Waals surface area contributed by atoms with Crippen LogP contribution < -0.4 is 15.4 Å². The number of hydrogen-bond acceptors (Lipinski definition) is 4. The molecule has 2 N–H and O–H groups in total. The van der Waals surface area contributed by atoms with Crippen LogP contribution in [0.4, 0.5) is 5.69 Å². The number of rotatable bonds is 9. The molecule has 2 aromatic rings. The average Bonchev–Trinajstić information content (AvgIpc) is 2.75. The van der Waals surface area contributed by atoms with Gasteiger partial charge in [-0.05, 0) is 54.4 Å². The summed E-state index contributed by atoms with van der Waals surface area (Å²) >= 11 is 0. The zero-order valence-corrected chi connectivity index (χ0v) is 17.2. The van der Waals surface area contributed by atoms with Gasteiger partial charge in [-0.25, -0.2) is 0 Å². The molecule has 0 spiro atoms. The van der Waals surface area contributed by atoms with E-state index >= 15 is 0 Å². The number of carbonyl (C=O) groups excluding carboxylic acids is 2. The summed E-state index contributed by atoms with van der Waals surface area (Å²) in [5, 5.41) is 5.72. The van der Waals surface area contributed by atoms with Crippen molar-refractivity contribution >= 4 is 17.5 Å². The first-order chi connectivity index (χ1) is 14.1. The third-order valence-electron chi connectivity index (χ3n) is 5.16. The summed E-state index contributed by atoms with van der Waals surface area (Å²) in [7, 11) is 0. The van der Waals surface area contributed by atoms with Gasteiger partial charge in [0.05, 0.1) is 0 Å². The Balaban J connectivity index is 1.44. The van der Waals surface area contributed by atoms with Crippen LogP contribution in [0, 0.1) is 0 Å². The van der Waals surface area contributed by atoms with E-state index in [2.05, 4.69) is 53.6 Å². The first-order valence-corrected chi connectivity index (χ1v) is 10.2. The SMILES string of the molecule is CCN(CC)Cc1ccc(CNC(=O)COc2ccc3c(c2)CCC(=O)N3)cc1. The fraction of sp³-hybridized carbons (Fsp3) is 0.391. The molecule has 0 unspecified atom stereocenters. The lowest BCUT2D eigenvalue weighted by Gasteiger charge is -2.18. The summed E-state index contributed by atoms with van der Waals surface area (Å²) < 4.78 is 5.61. The highest BCUT2D eigenvalue weighted by molar-refractivity contribution is 5.94. The lowest BCUT2D eigenvalue weighted by molar-refractivity contribution is -0.123. The third-order valence-corrected chi connectivity index (χ3v) is 5.16. The number of anilines is 1. The number of ether oxygens (including phenoxy) is 1. The van der Waals surface area contributed by atoms with Gasteiger partial charge < -0.3 is 15.4 Å². The maximum absolute atomic E-state index is 12.1. The van der Waals surface area contributed by atoms with Crippen LogP contribution in [0.3, 0.4) is 0 Å². The first-order valence-electron chi connectivity index (χ1n) is 10.2. The van der Waals surface area contributed by atoms with Gasteiger partial charge in [0.1, 0.15) is 5.75 Å². The molecule has 0 saturated heterocycles. The fourth-order valence-electron chi connectivity index (χ4n) is 3.32. The molecular formula is C23H29N3O3. The smallest absolute Gasteiger partial charge is 0.258 e. The summed E-state index contributed by atoms with van der Waals surface area (Å²) in [5.74, 6) is 0.505. The Morgan fingerprint density at radius 3 is 2.52 bits per heavy atom. The minimum absolute atomic E-state index is 0.0339. The van der Waals surface area contributed by atoms with E-state index in [0.29, 0.717) is 25.1 Å². The van der Waals surface area contributed by atoms with Crippen LogP contribution in [0.1, 0.15) is 37.0 Å². The molecule has 0 bridgehead atoms. The lowest BCUT2D eigenvalue weighted by atomic mass is 10.0. The Morgan fingerprint density at radius 2 is 1.79 bits per heavy atom. The van der Waals surface area contributed by atoms with Crippen LogP contribution in [0.2, 0.25) is 0 Å². The fourth-order valence-corrected chi connectivity index (χ4v) is 3.32. The first kappa shape index (κ1) is 20.9. The minimum Gasteiger partial charge on any atom is -0.484 e. The lowest BCUT2D eigenvalue weighted by Crippen LogP contribution is -2.28. The van der Waals surface area contributed by atoms with Crippen molar-refractivity contribution in [3.05, 3.63) is 59.2 Å². The Kier molecular flexibility index (Phi) is 7.25. The number of amides is 2. The van der Waals surface area contributed by atoms with Gasteiger partial charge in [-0.15, -0.1) is 0 Å². The highest BCUT2D eigenvalue weighted by Gasteiger charge is 2.15. The topological polar surface area (TPSA) is 70.7 Å². The van der Waals surface area contributed by atoms with E-state index < -0.39 is 0 Å². The van der Waals surface area contributed by atoms with Crippen molar-refractivity contribution in [2.45, 2.75) is 39.8 Å². The molecule has 2 aromatic carbocycles. The Bertz CT molecular complexity index is 845. The number of nitrogens with zero attached hydrogens (tertiary/aromatic N) is 1. The second-order valence-electron chi connectivity index (χ2n) is 7.21. The van der Waals surface area contributed by atoms with Crippen molar-refractivity contribution in [3.8, 4) is 5.75 Å². The van der Waals surface area contributed by atoms with E-state index in [1.54, 1.807) is 6.07 Å². The van der Waals surface area contributed by atoms with Gasteiger partial charge in [0.2, 0.25) is 5.91 Å². The van der Waals surface area contributed by atoms with Gasteiger partial charge >= 0.3 is 0 Å². The molecular weight excluding hydrogens is 366 g/mol. The molecule has 0 radical (unpaired) electrons. The van der Waals surface area contributed by atoms with E-state index in [4.69, 9.17) is 4.74 Å². The highest BCUT2D eigenvalue weighted by atomic mass is 16.5. The molecule has 1 aliphatic rings. The quantitative estimate of drug-likeness (QED) is 0.684. The minimum atomic E-state index is -0.164. The monoisotopic (exact) mass is 395 g/mol. The number of fused-ring (bicyclic) bond motifs is 1. The van der Waals surface area contributed by atoms with Crippen LogP contribution in [-0.4, -0.2) is 36.4 Å². The molecule has 0 saturated carbocycles. The zero-order chi connectivity index (χ0) is 20.6. The maximum atomic E-state index is 12.1. The molecule has 6 heteroatoms. The summed E-state index contributed by atoms with van der Waals surface area (Å²) in [4.78, 5) is 25.9. The standard InChI is InChI=1S/C23H29N3O3/c1-3-26(4-2)15-18-7-5-17(6-8-18)14-24-23(28)16-29-20-10-11-21-19(13-20)9-12-22(27)25-21/h5-8,10-11,13H,3-4,9,12,14-16H2,1-2H3,(H,24,28)(H,25,27). The predicted molar refractivity (Wildman–Crippen MR) is 114 cm³/mol. The summed E-state index contributed by atoms with van der Waals surface area (Å²) in [6.07, 6.45) is 1.17. The summed E-state index contributed by atoms with van der Waals surface area (Å²) in [5.41, 5.74) is 4.19. The molecule has 154 valence electrons. The summed E-state index contributed by atoms with van der Waals surface area (Å²) in [6, 6.07) is 13.8. The Hall–Kier alpha value is -2.86. The molecule has 0 aromatic heterocycles. The van der Waals surface area contributed by atoms with Crippen molar-refractivity contribution in [1.29, 1.82) is 0 Å². The van der Waals surface area contributed by atoms with Crippen LogP contribution in [0.5, 0.6) is 5.75 Å². The number of carbonyl (C=O) groups is 2. The van der Waals surface area contributed by atoms with Gasteiger partial charge in [-0.2, -0.15) is 0 Å². The van der Waals surface area contributed by atoms with Crippen molar-refractivity contribution in [2.75, 3.05) is 25.0 Å². The van der Waals surface area contributed by atoms with Crippen molar-refractivity contribution in [1.82, 2.24) is 10.2 Å². The Labute approximate surface area is 172 Å². The second-order valence-corrected chi connectivity index (χ2v) is 7.21. The molecule has 0 atom stereocenters. The maximum Gasteiger partial charge on any atom is 0.258 e. The molecule has 1 aliphatic heterocycles. The molecule has 6 nitrogen and oxygen atoms in total. The Morgan fingerprint density at radius 1 is 1.07 bits per heavy atom. The van der Waals surface area contributed by atoms with Gasteiger partial charge in [0.15, 0.2) is 6.61 Å². The van der Waals surface area contributed by atoms with Crippen LogP contribution >= 0.6 is 0 Å². The number of aryl methyl sites for hydroxylation is 1. The van der Waals surface area contributed by atoms with Crippen molar-refractivity contribution in [3.63, 3.8) is 0 Å². The summed E-state index contributed by atoms with van der Waals surface area (Å²) in [6.45, 7) is 7.78. The van der Waals surface area contributed by atoms with Crippen molar-refractivity contribution in [2.24, 2.45) is 0 Å². The van der Waals surface area contributed by atoms with Crippen LogP contribution in [0.25, 0.3) is 0 Å². The third kappa shape index (κ3) is 6.06. The van der Waals surface area contributed by atoms with Gasteiger partial charge in [-0.1, -0.05) is 38.1 Å². The van der Waals surface area contributed by atoms with Crippen LogP contribution in [0.15, 0.2) is 42.5 Å². The van der Waals surface area contributed by atoms with Gasteiger partial charge in [0.25, 0.3) is 5.91 Å². The van der Waals surface area contributed by atoms with Gasteiger partial charge in [-0.3, -0.25) is 14.5 Å². The highest BCUT2D eigenvalue weighted by Crippen LogP contribution is 2.26. The van der Waals surface area contributed by atoms with E-state index in [1.165, 1.54) is 5.56 Å². The predicted octanol–water partition coefficient (Wildman–Crippen LogP) is 3.11. The molecule has 1 heterocycles. The zero-order valence-electron chi connectivity index (χ0n) is 17.2. The van der Waals surface area contributed by atoms with E-state index in [9.17, 15) is 9.59 Å². The second kappa shape index (κ2) is 10.1. The van der Waals surface area contributed by atoms with E-state index in [1.807, 2.05) is 12.1 Å². The van der Waals surface area contributed by atoms with E-state index in [0.717, 1.165) is 36.4 Å². The largest absolute Gasteiger partial charge is 0.484 e. The molecule has 2 amide bonds. The number of hydrogen-bond donors (Lipinski definition) is 2. The molecule has 0 aliphatic carbocycles. The van der Waals surface area contributed by atoms with Crippen molar-refractivity contribution < 1.29 is 14.3 Å². The molecule has 3 rings (SSSR count). The van der Waals surface area contributed by atoms with E-state index in [-0.39, 0.29) is 18.4 Å². The number of benzene rings is 2. The average molecular weight is 396 g/mol. The molecule has 29 heavy (non-hydrogen) atoms.